The first kappa shape index (κ1) is 24.0. The number of carbonyl (C=O) groups is 2. The van der Waals surface area contributed by atoms with E-state index < -0.39 is 51.0 Å². The molecule has 0 aliphatic heterocycles. The third-order valence-electron chi connectivity index (χ3n) is 3.69. The van der Waals surface area contributed by atoms with Crippen LogP contribution in [0.5, 0.6) is 0 Å². The van der Waals surface area contributed by atoms with E-state index in [1.165, 1.54) is 25.1 Å². The van der Waals surface area contributed by atoms with Crippen LogP contribution in [0, 0.1) is 11.6 Å². The highest BCUT2D eigenvalue weighted by Gasteiger charge is 2.20. The molecule has 0 fully saturated rings. The van der Waals surface area contributed by atoms with Crippen molar-refractivity contribution in [3.8, 4) is 0 Å². The quantitative estimate of drug-likeness (QED) is 0.562. The fourth-order valence-electron chi connectivity index (χ4n) is 2.15. The van der Waals surface area contributed by atoms with Gasteiger partial charge in [-0.2, -0.15) is 0 Å². The standard InChI is InChI=1S/C18H16Cl2F2N2O5S/c1-10(18(26)24-16-5-2-11(19)8-13(16)20)29-17(25)6-7-23-30(27,28)12-3-4-14(21)15(22)9-12/h2-5,8-10,23H,6-7H2,1H3,(H,24,26). The van der Waals surface area contributed by atoms with Crippen molar-refractivity contribution in [2.45, 2.75) is 24.3 Å². The molecule has 2 rings (SSSR count). The number of sulfonamides is 1. The Balaban J connectivity index is 1.84. The predicted octanol–water partition coefficient (Wildman–Crippen LogP) is 3.51. The lowest BCUT2D eigenvalue weighted by Crippen LogP contribution is -2.32. The van der Waals surface area contributed by atoms with E-state index in [1.807, 2.05) is 0 Å². The Kier molecular flexibility index (Phi) is 8.13. The lowest BCUT2D eigenvalue weighted by atomic mass is 10.3. The molecule has 7 nitrogen and oxygen atoms in total. The van der Waals surface area contributed by atoms with Crippen molar-refractivity contribution in [1.29, 1.82) is 0 Å². The van der Waals surface area contributed by atoms with E-state index in [0.29, 0.717) is 17.2 Å². The summed E-state index contributed by atoms with van der Waals surface area (Å²) in [6.07, 6.45) is -1.59. The van der Waals surface area contributed by atoms with Gasteiger partial charge in [-0.1, -0.05) is 23.2 Å². The molecule has 1 atom stereocenters. The highest BCUT2D eigenvalue weighted by atomic mass is 35.5. The van der Waals surface area contributed by atoms with Gasteiger partial charge in [0.05, 0.1) is 22.0 Å². The van der Waals surface area contributed by atoms with Gasteiger partial charge in [0.25, 0.3) is 5.91 Å². The summed E-state index contributed by atoms with van der Waals surface area (Å²) in [4.78, 5) is 23.5. The summed E-state index contributed by atoms with van der Waals surface area (Å²) >= 11 is 11.7. The third-order valence-corrected chi connectivity index (χ3v) is 5.70. The van der Waals surface area contributed by atoms with E-state index in [-0.39, 0.29) is 17.3 Å². The first-order valence-corrected chi connectivity index (χ1v) is 10.6. The number of hydrogen-bond donors (Lipinski definition) is 2. The highest BCUT2D eigenvalue weighted by molar-refractivity contribution is 7.89. The van der Waals surface area contributed by atoms with E-state index >= 15 is 0 Å². The third kappa shape index (κ3) is 6.63. The summed E-state index contributed by atoms with van der Waals surface area (Å²) in [6, 6.07) is 6.49. The molecule has 12 heteroatoms. The lowest BCUT2D eigenvalue weighted by molar-refractivity contribution is -0.152. The van der Waals surface area contributed by atoms with Gasteiger partial charge in [0, 0.05) is 11.6 Å². The number of halogens is 4. The molecular weight excluding hydrogens is 465 g/mol. The average Bonchev–Trinajstić information content (AvgIpc) is 2.65. The molecule has 30 heavy (non-hydrogen) atoms. The minimum atomic E-state index is -4.16. The first-order chi connectivity index (χ1) is 14.0. The van der Waals surface area contributed by atoms with Crippen LogP contribution in [-0.4, -0.2) is 32.9 Å². The maximum atomic E-state index is 13.2. The molecule has 1 amide bonds. The largest absolute Gasteiger partial charge is 0.452 e. The molecular formula is C18H16Cl2F2N2O5S. The molecule has 0 bridgehead atoms. The number of esters is 1. The normalized spacial score (nSPS) is 12.3. The predicted molar refractivity (Wildman–Crippen MR) is 107 cm³/mol. The Morgan fingerprint density at radius 3 is 2.43 bits per heavy atom. The summed E-state index contributed by atoms with van der Waals surface area (Å²) in [5.74, 6) is -4.02. The van der Waals surface area contributed by atoms with Gasteiger partial charge in [-0.15, -0.1) is 0 Å². The molecule has 0 radical (unpaired) electrons. The maximum Gasteiger partial charge on any atom is 0.307 e. The van der Waals surface area contributed by atoms with Crippen LogP contribution in [0.3, 0.4) is 0 Å². The Morgan fingerprint density at radius 1 is 1.10 bits per heavy atom. The molecule has 0 aliphatic carbocycles. The van der Waals surface area contributed by atoms with Crippen molar-refractivity contribution in [3.63, 3.8) is 0 Å². The molecule has 2 aromatic rings. The highest BCUT2D eigenvalue weighted by Crippen LogP contribution is 2.25. The molecule has 162 valence electrons. The zero-order chi connectivity index (χ0) is 22.5. The number of benzene rings is 2. The van der Waals surface area contributed by atoms with Gasteiger partial charge < -0.3 is 10.1 Å². The fraction of sp³-hybridized carbons (Fsp3) is 0.222. The molecule has 0 spiro atoms. The topological polar surface area (TPSA) is 102 Å². The second-order valence-electron chi connectivity index (χ2n) is 5.97. The van der Waals surface area contributed by atoms with Crippen LogP contribution >= 0.6 is 23.2 Å². The van der Waals surface area contributed by atoms with Crippen LogP contribution in [-0.2, 0) is 24.3 Å². The fourth-order valence-corrected chi connectivity index (χ4v) is 3.65. The number of amides is 1. The van der Waals surface area contributed by atoms with Crippen LogP contribution in [0.1, 0.15) is 13.3 Å². The Labute approximate surface area is 181 Å². The lowest BCUT2D eigenvalue weighted by Gasteiger charge is -2.14. The molecule has 2 N–H and O–H groups in total. The maximum absolute atomic E-state index is 13.2. The Morgan fingerprint density at radius 2 is 1.80 bits per heavy atom. The van der Waals surface area contributed by atoms with Gasteiger partial charge in [0.15, 0.2) is 17.7 Å². The number of hydrogen-bond acceptors (Lipinski definition) is 5. The molecule has 0 aromatic heterocycles. The van der Waals surface area contributed by atoms with E-state index in [1.54, 1.807) is 0 Å². The van der Waals surface area contributed by atoms with Crippen LogP contribution in [0.2, 0.25) is 10.0 Å². The molecule has 2 aromatic carbocycles. The second kappa shape index (κ2) is 10.2. The second-order valence-corrected chi connectivity index (χ2v) is 8.58. The van der Waals surface area contributed by atoms with E-state index in [4.69, 9.17) is 27.9 Å². The number of carbonyl (C=O) groups excluding carboxylic acids is 2. The summed E-state index contributed by atoms with van der Waals surface area (Å²) in [5.41, 5.74) is 0.272. The smallest absolute Gasteiger partial charge is 0.307 e. The van der Waals surface area contributed by atoms with Gasteiger partial charge in [-0.05, 0) is 43.3 Å². The van der Waals surface area contributed by atoms with E-state index in [0.717, 1.165) is 6.07 Å². The van der Waals surface area contributed by atoms with Crippen LogP contribution in [0.4, 0.5) is 14.5 Å². The Hall–Kier alpha value is -2.27. The minimum absolute atomic E-state index is 0.195. The average molecular weight is 481 g/mol. The SMILES string of the molecule is CC(OC(=O)CCNS(=O)(=O)c1ccc(F)c(F)c1)C(=O)Nc1ccc(Cl)cc1Cl. The van der Waals surface area contributed by atoms with Crippen LogP contribution in [0.15, 0.2) is 41.3 Å². The number of nitrogens with one attached hydrogen (secondary N) is 2. The summed E-state index contributed by atoms with van der Waals surface area (Å²) in [7, 11) is -4.16. The minimum Gasteiger partial charge on any atom is -0.452 e. The summed E-state index contributed by atoms with van der Waals surface area (Å²) in [5, 5.41) is 3.04. The zero-order valence-electron chi connectivity index (χ0n) is 15.4. The van der Waals surface area contributed by atoms with Crippen LogP contribution < -0.4 is 10.0 Å². The monoisotopic (exact) mass is 480 g/mol. The van der Waals surface area contributed by atoms with Gasteiger partial charge >= 0.3 is 5.97 Å². The van der Waals surface area contributed by atoms with Gasteiger partial charge in [0.1, 0.15) is 0 Å². The van der Waals surface area contributed by atoms with Gasteiger partial charge in [-0.25, -0.2) is 21.9 Å². The Bertz CT molecular complexity index is 1070. The number of rotatable bonds is 8. The van der Waals surface area contributed by atoms with Gasteiger partial charge in [-0.3, -0.25) is 9.59 Å². The molecule has 0 saturated carbocycles. The number of anilines is 1. The molecule has 0 aliphatic rings. The number of ether oxygens (including phenoxy) is 1. The molecule has 0 saturated heterocycles. The molecule has 0 heterocycles. The zero-order valence-corrected chi connectivity index (χ0v) is 17.7. The van der Waals surface area contributed by atoms with Crippen molar-refractivity contribution in [1.82, 2.24) is 4.72 Å². The first-order valence-electron chi connectivity index (χ1n) is 8.39. The van der Waals surface area contributed by atoms with Crippen molar-refractivity contribution in [3.05, 3.63) is 58.1 Å². The summed E-state index contributed by atoms with van der Waals surface area (Å²) < 4.78 is 57.2. The van der Waals surface area contributed by atoms with Crippen molar-refractivity contribution < 1.29 is 31.5 Å². The van der Waals surface area contributed by atoms with E-state index in [2.05, 4.69) is 10.0 Å². The van der Waals surface area contributed by atoms with Crippen molar-refractivity contribution >= 4 is 50.8 Å². The van der Waals surface area contributed by atoms with E-state index in [9.17, 15) is 26.8 Å². The molecule has 1 unspecified atom stereocenters. The summed E-state index contributed by atoms with van der Waals surface area (Å²) in [6.45, 7) is 0.944. The van der Waals surface area contributed by atoms with Gasteiger partial charge in [0.2, 0.25) is 10.0 Å². The van der Waals surface area contributed by atoms with Crippen LogP contribution in [0.25, 0.3) is 0 Å². The van der Waals surface area contributed by atoms with Crippen molar-refractivity contribution in [2.24, 2.45) is 0 Å². The van der Waals surface area contributed by atoms with Crippen molar-refractivity contribution in [2.75, 3.05) is 11.9 Å².